The van der Waals surface area contributed by atoms with Crippen molar-refractivity contribution in [2.45, 2.75) is 51.0 Å². The van der Waals surface area contributed by atoms with Crippen molar-refractivity contribution < 1.29 is 14.3 Å². The summed E-state index contributed by atoms with van der Waals surface area (Å²) in [6.45, 7) is 3.80. The van der Waals surface area contributed by atoms with Crippen LogP contribution in [0.15, 0.2) is 18.2 Å². The zero-order chi connectivity index (χ0) is 20.2. The molecule has 5 rings (SSSR count). The second-order valence-corrected chi connectivity index (χ2v) is 8.63. The van der Waals surface area contributed by atoms with E-state index in [1.54, 1.807) is 6.92 Å². The minimum absolute atomic E-state index is 0.0749. The Morgan fingerprint density at radius 3 is 2.86 bits per heavy atom. The first-order chi connectivity index (χ1) is 14.0. The number of carbonyl (C=O) groups is 2. The number of nitrogens with one attached hydrogen (secondary N) is 1. The average molecular weight is 393 g/mol. The van der Waals surface area contributed by atoms with E-state index in [-0.39, 0.29) is 11.5 Å². The summed E-state index contributed by atoms with van der Waals surface area (Å²) in [5, 5.41) is 1.09. The number of carbonyl (C=O) groups excluding carboxylic acids is 2. The van der Waals surface area contributed by atoms with Crippen molar-refractivity contribution >= 4 is 28.3 Å². The summed E-state index contributed by atoms with van der Waals surface area (Å²) < 4.78 is 6.20. The third-order valence-electron chi connectivity index (χ3n) is 6.87. The molecule has 1 aromatic carbocycles. The number of aromatic amines is 1. The van der Waals surface area contributed by atoms with Crippen LogP contribution in [0.25, 0.3) is 16.5 Å². The van der Waals surface area contributed by atoms with Gasteiger partial charge in [0.1, 0.15) is 0 Å². The molecular formula is C23H27N3O3. The lowest BCUT2D eigenvalue weighted by molar-refractivity contribution is -0.128. The van der Waals surface area contributed by atoms with Crippen molar-refractivity contribution in [2.24, 2.45) is 5.73 Å². The summed E-state index contributed by atoms with van der Waals surface area (Å²) in [6, 6.07) is 3.82. The molecule has 1 atom stereocenters. The Kier molecular flexibility index (Phi) is 4.28. The van der Waals surface area contributed by atoms with Crippen molar-refractivity contribution in [1.82, 2.24) is 9.88 Å². The third kappa shape index (κ3) is 2.97. The zero-order valence-electron chi connectivity index (χ0n) is 16.8. The Morgan fingerprint density at radius 1 is 1.28 bits per heavy atom. The van der Waals surface area contributed by atoms with Gasteiger partial charge in [-0.3, -0.25) is 9.59 Å². The van der Waals surface area contributed by atoms with Crippen molar-refractivity contribution in [3.63, 3.8) is 0 Å². The van der Waals surface area contributed by atoms with Crippen molar-refractivity contribution in [3.05, 3.63) is 40.6 Å². The van der Waals surface area contributed by atoms with Crippen LogP contribution in [0.3, 0.4) is 0 Å². The Labute approximate surface area is 170 Å². The summed E-state index contributed by atoms with van der Waals surface area (Å²) in [6.07, 6.45) is 8.05. The number of aromatic nitrogens is 1. The summed E-state index contributed by atoms with van der Waals surface area (Å²) in [7, 11) is 0. The molecule has 2 amide bonds. The SMILES string of the molecule is CC(=O)N1CCC=C(c2ccc(C(N)=O)c3[nH]c4c(c23)CC2(CCCO2)CC4)C1. The number of amides is 2. The smallest absolute Gasteiger partial charge is 0.250 e. The minimum atomic E-state index is -0.421. The fourth-order valence-corrected chi connectivity index (χ4v) is 5.37. The number of hydrogen-bond donors (Lipinski definition) is 2. The number of fused-ring (bicyclic) bond motifs is 3. The summed E-state index contributed by atoms with van der Waals surface area (Å²) in [5.41, 5.74) is 11.7. The molecule has 2 aromatic rings. The number of rotatable bonds is 2. The first-order valence-electron chi connectivity index (χ1n) is 10.5. The normalized spacial score (nSPS) is 24.0. The molecule has 3 heterocycles. The quantitative estimate of drug-likeness (QED) is 0.822. The zero-order valence-corrected chi connectivity index (χ0v) is 16.8. The van der Waals surface area contributed by atoms with Gasteiger partial charge in [-0.1, -0.05) is 12.1 Å². The van der Waals surface area contributed by atoms with E-state index < -0.39 is 5.91 Å². The monoisotopic (exact) mass is 393 g/mol. The molecule has 29 heavy (non-hydrogen) atoms. The Balaban J connectivity index is 1.68. The van der Waals surface area contributed by atoms with Crippen LogP contribution in [0.4, 0.5) is 0 Å². The molecule has 1 unspecified atom stereocenters. The topological polar surface area (TPSA) is 88.4 Å². The highest BCUT2D eigenvalue weighted by atomic mass is 16.5. The maximum absolute atomic E-state index is 12.1. The van der Waals surface area contributed by atoms with E-state index in [1.807, 2.05) is 17.0 Å². The van der Waals surface area contributed by atoms with Gasteiger partial charge in [0, 0.05) is 44.1 Å². The number of aryl methyl sites for hydroxylation is 1. The number of benzene rings is 1. The van der Waals surface area contributed by atoms with Gasteiger partial charge in [-0.25, -0.2) is 0 Å². The highest BCUT2D eigenvalue weighted by molar-refractivity contribution is 6.09. The molecular weight excluding hydrogens is 366 g/mol. The van der Waals surface area contributed by atoms with Crippen molar-refractivity contribution in [1.29, 1.82) is 0 Å². The van der Waals surface area contributed by atoms with Crippen LogP contribution in [0, 0.1) is 0 Å². The van der Waals surface area contributed by atoms with E-state index in [1.165, 1.54) is 11.3 Å². The Hall–Kier alpha value is -2.60. The van der Waals surface area contributed by atoms with E-state index in [4.69, 9.17) is 10.5 Å². The lowest BCUT2D eigenvalue weighted by Crippen LogP contribution is -2.35. The van der Waals surface area contributed by atoms with Gasteiger partial charge in [0.2, 0.25) is 5.91 Å². The number of nitrogens with zero attached hydrogens (tertiary/aromatic N) is 1. The van der Waals surface area contributed by atoms with Crippen LogP contribution in [0.1, 0.15) is 59.8 Å². The molecule has 1 fully saturated rings. The molecule has 1 aromatic heterocycles. The lowest BCUT2D eigenvalue weighted by Gasteiger charge is -2.33. The van der Waals surface area contributed by atoms with Crippen LogP contribution >= 0.6 is 0 Å². The van der Waals surface area contributed by atoms with Gasteiger partial charge in [0.25, 0.3) is 5.91 Å². The number of ether oxygens (including phenoxy) is 1. The first-order valence-corrected chi connectivity index (χ1v) is 10.5. The predicted octanol–water partition coefficient (Wildman–Crippen LogP) is 2.94. The van der Waals surface area contributed by atoms with Crippen LogP contribution in [0.5, 0.6) is 0 Å². The van der Waals surface area contributed by atoms with E-state index in [0.717, 1.165) is 73.7 Å². The molecule has 0 bridgehead atoms. The van der Waals surface area contributed by atoms with Gasteiger partial charge in [0.15, 0.2) is 0 Å². The van der Waals surface area contributed by atoms with E-state index in [0.29, 0.717) is 12.1 Å². The molecule has 152 valence electrons. The maximum atomic E-state index is 12.1. The van der Waals surface area contributed by atoms with Crippen LogP contribution < -0.4 is 5.73 Å². The second kappa shape index (κ2) is 6.73. The van der Waals surface area contributed by atoms with Crippen molar-refractivity contribution in [2.75, 3.05) is 19.7 Å². The van der Waals surface area contributed by atoms with E-state index in [2.05, 4.69) is 11.1 Å². The van der Waals surface area contributed by atoms with Crippen molar-refractivity contribution in [3.8, 4) is 0 Å². The average Bonchev–Trinajstić information content (AvgIpc) is 3.32. The summed E-state index contributed by atoms with van der Waals surface area (Å²) >= 11 is 0. The molecule has 3 N–H and O–H groups in total. The predicted molar refractivity (Wildman–Crippen MR) is 112 cm³/mol. The van der Waals surface area contributed by atoms with Gasteiger partial charge < -0.3 is 20.4 Å². The maximum Gasteiger partial charge on any atom is 0.250 e. The third-order valence-corrected chi connectivity index (χ3v) is 6.87. The van der Waals surface area contributed by atoms with E-state index in [9.17, 15) is 9.59 Å². The fraction of sp³-hybridized carbons (Fsp3) is 0.478. The molecule has 6 heteroatoms. The minimum Gasteiger partial charge on any atom is -0.375 e. The molecule has 3 aliphatic rings. The highest BCUT2D eigenvalue weighted by Gasteiger charge is 2.40. The number of hydrogen-bond acceptors (Lipinski definition) is 3. The van der Waals surface area contributed by atoms with E-state index >= 15 is 0 Å². The van der Waals surface area contributed by atoms with Gasteiger partial charge >= 0.3 is 0 Å². The largest absolute Gasteiger partial charge is 0.375 e. The summed E-state index contributed by atoms with van der Waals surface area (Å²) in [4.78, 5) is 29.5. The van der Waals surface area contributed by atoms with Crippen LogP contribution in [-0.4, -0.2) is 47.0 Å². The molecule has 1 saturated heterocycles. The van der Waals surface area contributed by atoms with Gasteiger partial charge in [-0.15, -0.1) is 0 Å². The Bertz CT molecular complexity index is 1040. The van der Waals surface area contributed by atoms with Crippen LogP contribution in [0.2, 0.25) is 0 Å². The lowest BCUT2D eigenvalue weighted by atomic mass is 9.79. The van der Waals surface area contributed by atoms with Gasteiger partial charge in [-0.05, 0) is 54.9 Å². The molecule has 0 radical (unpaired) electrons. The van der Waals surface area contributed by atoms with Gasteiger partial charge in [-0.2, -0.15) is 0 Å². The van der Waals surface area contributed by atoms with Crippen LogP contribution in [-0.2, 0) is 22.4 Å². The fourth-order valence-electron chi connectivity index (χ4n) is 5.37. The van der Waals surface area contributed by atoms with Gasteiger partial charge in [0.05, 0.1) is 16.7 Å². The standard InChI is InChI=1S/C23H27N3O3/c1-14(27)26-10-2-4-15(13-26)16-5-6-17(22(24)28)21-20(16)18-12-23(8-3-11-29-23)9-7-19(18)25-21/h4-6,25H,2-3,7-13H2,1H3,(H2,24,28). The molecule has 2 aliphatic heterocycles. The number of nitrogens with two attached hydrogens (primary N) is 1. The number of H-pyrrole nitrogens is 1. The molecule has 1 spiro atoms. The Morgan fingerprint density at radius 2 is 2.14 bits per heavy atom. The first kappa shape index (κ1) is 18.4. The molecule has 0 saturated carbocycles. The molecule has 1 aliphatic carbocycles. The second-order valence-electron chi connectivity index (χ2n) is 8.63. The summed E-state index contributed by atoms with van der Waals surface area (Å²) in [5.74, 6) is -0.329. The highest BCUT2D eigenvalue weighted by Crippen LogP contribution is 2.43. The number of primary amides is 1. The molecule has 6 nitrogen and oxygen atoms in total.